The van der Waals surface area contributed by atoms with E-state index in [9.17, 15) is 0 Å². The SMILES string of the molecule is CCC1CCCCC1NC(C)c1ccc2c(c1)CCCC2. The summed E-state index contributed by atoms with van der Waals surface area (Å²) in [6.07, 6.45) is 12.3. The molecule has 0 aliphatic heterocycles. The summed E-state index contributed by atoms with van der Waals surface area (Å²) in [7, 11) is 0. The van der Waals surface area contributed by atoms with E-state index in [1.165, 1.54) is 63.4 Å². The number of hydrogen-bond acceptors (Lipinski definition) is 1. The Kier molecular flexibility index (Phi) is 5.00. The lowest BCUT2D eigenvalue weighted by Gasteiger charge is -2.34. The van der Waals surface area contributed by atoms with Crippen LogP contribution in [0.25, 0.3) is 0 Å². The number of fused-ring (bicyclic) bond motifs is 1. The van der Waals surface area contributed by atoms with Crippen LogP contribution in [0.15, 0.2) is 18.2 Å². The molecule has 1 fully saturated rings. The van der Waals surface area contributed by atoms with E-state index in [1.807, 2.05) is 0 Å². The van der Waals surface area contributed by atoms with Crippen LogP contribution in [0.5, 0.6) is 0 Å². The first-order valence-corrected chi connectivity index (χ1v) is 9.15. The van der Waals surface area contributed by atoms with Gasteiger partial charge < -0.3 is 5.32 Å². The van der Waals surface area contributed by atoms with Crippen molar-refractivity contribution in [2.75, 3.05) is 0 Å². The molecule has 1 saturated carbocycles. The molecule has 21 heavy (non-hydrogen) atoms. The van der Waals surface area contributed by atoms with Gasteiger partial charge in [0.25, 0.3) is 0 Å². The van der Waals surface area contributed by atoms with Gasteiger partial charge in [-0.05, 0) is 68.1 Å². The Morgan fingerprint density at radius 2 is 1.81 bits per heavy atom. The molecule has 2 aliphatic rings. The fourth-order valence-electron chi connectivity index (χ4n) is 4.36. The van der Waals surface area contributed by atoms with E-state index in [-0.39, 0.29) is 0 Å². The van der Waals surface area contributed by atoms with Crippen molar-refractivity contribution >= 4 is 0 Å². The maximum Gasteiger partial charge on any atom is 0.0294 e. The quantitative estimate of drug-likeness (QED) is 0.803. The molecule has 0 amide bonds. The first-order valence-electron chi connectivity index (χ1n) is 9.15. The van der Waals surface area contributed by atoms with Crippen molar-refractivity contribution in [2.24, 2.45) is 5.92 Å². The Hall–Kier alpha value is -0.820. The zero-order valence-corrected chi connectivity index (χ0v) is 13.8. The smallest absolute Gasteiger partial charge is 0.0294 e. The third-order valence-electron chi connectivity index (χ3n) is 5.77. The van der Waals surface area contributed by atoms with Crippen LogP contribution in [-0.2, 0) is 12.8 Å². The first-order chi connectivity index (χ1) is 10.3. The van der Waals surface area contributed by atoms with Gasteiger partial charge in [-0.2, -0.15) is 0 Å². The highest BCUT2D eigenvalue weighted by Crippen LogP contribution is 2.30. The molecule has 1 N–H and O–H groups in total. The molecule has 0 aromatic heterocycles. The zero-order chi connectivity index (χ0) is 14.7. The summed E-state index contributed by atoms with van der Waals surface area (Å²) in [6, 6.07) is 8.46. The minimum absolute atomic E-state index is 0.495. The summed E-state index contributed by atoms with van der Waals surface area (Å²) in [5, 5.41) is 3.94. The lowest BCUT2D eigenvalue weighted by molar-refractivity contribution is 0.240. The summed E-state index contributed by atoms with van der Waals surface area (Å²) in [5.74, 6) is 0.888. The molecule has 0 heterocycles. The third kappa shape index (κ3) is 3.51. The Labute approximate surface area is 130 Å². The maximum atomic E-state index is 3.94. The molecule has 3 unspecified atom stereocenters. The molecule has 116 valence electrons. The average Bonchev–Trinajstić information content (AvgIpc) is 2.55. The van der Waals surface area contributed by atoms with Gasteiger partial charge in [0.05, 0.1) is 0 Å². The Balaban J connectivity index is 1.68. The molecule has 1 nitrogen and oxygen atoms in total. The highest BCUT2D eigenvalue weighted by Gasteiger charge is 2.25. The standard InChI is InChI=1S/C20H31N/c1-3-16-8-6-7-11-20(16)21-15(2)18-13-12-17-9-4-5-10-19(17)14-18/h12-16,20-21H,3-11H2,1-2H3. The van der Waals surface area contributed by atoms with E-state index >= 15 is 0 Å². The van der Waals surface area contributed by atoms with Crippen LogP contribution in [0.2, 0.25) is 0 Å². The van der Waals surface area contributed by atoms with Crippen molar-refractivity contribution in [3.8, 4) is 0 Å². The highest BCUT2D eigenvalue weighted by atomic mass is 15.0. The molecule has 0 bridgehead atoms. The minimum Gasteiger partial charge on any atom is -0.307 e. The molecule has 1 aromatic rings. The van der Waals surface area contributed by atoms with Crippen molar-refractivity contribution < 1.29 is 0 Å². The van der Waals surface area contributed by atoms with Crippen molar-refractivity contribution in [2.45, 2.75) is 83.7 Å². The summed E-state index contributed by atoms with van der Waals surface area (Å²) < 4.78 is 0. The molecule has 2 aliphatic carbocycles. The predicted molar refractivity (Wildman–Crippen MR) is 90.7 cm³/mol. The number of benzene rings is 1. The normalized spacial score (nSPS) is 27.1. The molecule has 1 heteroatoms. The Morgan fingerprint density at radius 1 is 1.05 bits per heavy atom. The van der Waals surface area contributed by atoms with E-state index in [4.69, 9.17) is 0 Å². The summed E-state index contributed by atoms with van der Waals surface area (Å²) in [4.78, 5) is 0. The van der Waals surface area contributed by atoms with Crippen molar-refractivity contribution in [1.82, 2.24) is 5.32 Å². The van der Waals surface area contributed by atoms with E-state index in [1.54, 1.807) is 11.1 Å². The summed E-state index contributed by atoms with van der Waals surface area (Å²) in [6.45, 7) is 4.71. The first kappa shape index (κ1) is 15.1. The summed E-state index contributed by atoms with van der Waals surface area (Å²) >= 11 is 0. The van der Waals surface area contributed by atoms with Gasteiger partial charge in [0, 0.05) is 12.1 Å². The van der Waals surface area contributed by atoms with Crippen molar-refractivity contribution in [3.63, 3.8) is 0 Å². The fraction of sp³-hybridized carbons (Fsp3) is 0.700. The van der Waals surface area contributed by atoms with Gasteiger partial charge in [-0.15, -0.1) is 0 Å². The van der Waals surface area contributed by atoms with Crippen molar-refractivity contribution in [3.05, 3.63) is 34.9 Å². The Morgan fingerprint density at radius 3 is 2.62 bits per heavy atom. The van der Waals surface area contributed by atoms with E-state index in [0.717, 1.165) is 12.0 Å². The van der Waals surface area contributed by atoms with Crippen LogP contribution in [0, 0.1) is 5.92 Å². The summed E-state index contributed by atoms with van der Waals surface area (Å²) in [5.41, 5.74) is 4.71. The predicted octanol–water partition coefficient (Wildman–Crippen LogP) is 5.18. The van der Waals surface area contributed by atoms with E-state index < -0.39 is 0 Å². The molecule has 3 atom stereocenters. The van der Waals surface area contributed by atoms with Gasteiger partial charge in [-0.1, -0.05) is 44.4 Å². The van der Waals surface area contributed by atoms with Crippen LogP contribution < -0.4 is 5.32 Å². The number of nitrogens with one attached hydrogen (secondary N) is 1. The van der Waals surface area contributed by atoms with Crippen LogP contribution in [-0.4, -0.2) is 6.04 Å². The van der Waals surface area contributed by atoms with Crippen LogP contribution in [0.4, 0.5) is 0 Å². The van der Waals surface area contributed by atoms with Crippen LogP contribution in [0.1, 0.15) is 81.5 Å². The van der Waals surface area contributed by atoms with Gasteiger partial charge in [0.1, 0.15) is 0 Å². The lowest BCUT2D eigenvalue weighted by Crippen LogP contribution is -2.39. The molecular weight excluding hydrogens is 254 g/mol. The fourth-order valence-corrected chi connectivity index (χ4v) is 4.36. The molecular formula is C20H31N. The average molecular weight is 285 g/mol. The zero-order valence-electron chi connectivity index (χ0n) is 13.8. The highest BCUT2D eigenvalue weighted by molar-refractivity contribution is 5.35. The maximum absolute atomic E-state index is 3.94. The molecule has 3 rings (SSSR count). The van der Waals surface area contributed by atoms with Gasteiger partial charge in [-0.3, -0.25) is 0 Å². The third-order valence-corrected chi connectivity index (χ3v) is 5.77. The van der Waals surface area contributed by atoms with Crippen LogP contribution in [0.3, 0.4) is 0 Å². The van der Waals surface area contributed by atoms with Gasteiger partial charge >= 0.3 is 0 Å². The molecule has 1 aromatic carbocycles. The number of hydrogen-bond donors (Lipinski definition) is 1. The number of aryl methyl sites for hydroxylation is 2. The largest absolute Gasteiger partial charge is 0.307 e. The lowest BCUT2D eigenvalue weighted by atomic mass is 9.82. The van der Waals surface area contributed by atoms with E-state index in [0.29, 0.717) is 6.04 Å². The monoisotopic (exact) mass is 285 g/mol. The molecule has 0 saturated heterocycles. The molecule has 0 radical (unpaired) electrons. The second-order valence-electron chi connectivity index (χ2n) is 7.18. The minimum atomic E-state index is 0.495. The van der Waals surface area contributed by atoms with Crippen molar-refractivity contribution in [1.29, 1.82) is 0 Å². The van der Waals surface area contributed by atoms with Gasteiger partial charge in [0.2, 0.25) is 0 Å². The molecule has 0 spiro atoms. The van der Waals surface area contributed by atoms with E-state index in [2.05, 4.69) is 37.4 Å². The second kappa shape index (κ2) is 6.96. The second-order valence-corrected chi connectivity index (χ2v) is 7.18. The topological polar surface area (TPSA) is 12.0 Å². The Bertz CT molecular complexity index is 465. The number of rotatable bonds is 4. The van der Waals surface area contributed by atoms with Crippen LogP contribution >= 0.6 is 0 Å². The van der Waals surface area contributed by atoms with Gasteiger partial charge in [0.15, 0.2) is 0 Å². The van der Waals surface area contributed by atoms with Gasteiger partial charge in [-0.25, -0.2) is 0 Å².